The van der Waals surface area contributed by atoms with Crippen LogP contribution in [0.3, 0.4) is 0 Å². The van der Waals surface area contributed by atoms with Crippen molar-refractivity contribution in [1.29, 1.82) is 0 Å². The van der Waals surface area contributed by atoms with E-state index in [2.05, 4.69) is 10.3 Å². The van der Waals surface area contributed by atoms with Crippen molar-refractivity contribution in [3.63, 3.8) is 0 Å². The van der Waals surface area contributed by atoms with Crippen molar-refractivity contribution < 1.29 is 14.3 Å². The highest BCUT2D eigenvalue weighted by molar-refractivity contribution is 5.95. The normalized spacial score (nSPS) is 10.8. The summed E-state index contributed by atoms with van der Waals surface area (Å²) in [6.07, 6.45) is 0. The maximum atomic E-state index is 11.6. The van der Waals surface area contributed by atoms with Gasteiger partial charge in [-0.1, -0.05) is 12.1 Å². The van der Waals surface area contributed by atoms with Gasteiger partial charge in [-0.2, -0.15) is 0 Å². The predicted octanol–water partition coefficient (Wildman–Crippen LogP) is 1.22. The monoisotopic (exact) mass is 270 g/mol. The Morgan fingerprint density at radius 2 is 2.10 bits per heavy atom. The lowest BCUT2D eigenvalue weighted by Crippen LogP contribution is -2.18. The van der Waals surface area contributed by atoms with Crippen molar-refractivity contribution in [1.82, 2.24) is 4.98 Å². The number of benzene rings is 2. The van der Waals surface area contributed by atoms with Crippen molar-refractivity contribution in [2.45, 2.75) is 0 Å². The van der Waals surface area contributed by atoms with Crippen LogP contribution in [0.1, 0.15) is 0 Å². The number of carbonyl (C=O) groups is 1. The Bertz CT molecular complexity index is 825. The fraction of sp³-hybridized carbons (Fsp3) is 0.0714. The van der Waals surface area contributed by atoms with Crippen molar-refractivity contribution in [2.24, 2.45) is 0 Å². The molecule has 0 atom stereocenters. The van der Waals surface area contributed by atoms with E-state index < -0.39 is 12.5 Å². The SMILES string of the molecule is O=C(CO)Nc1cc(=O)cc2oc3ccccc3nc1-2. The van der Waals surface area contributed by atoms with E-state index in [-0.39, 0.29) is 16.9 Å². The van der Waals surface area contributed by atoms with E-state index >= 15 is 0 Å². The van der Waals surface area contributed by atoms with Crippen LogP contribution in [-0.2, 0) is 4.79 Å². The molecule has 0 saturated heterocycles. The fourth-order valence-corrected chi connectivity index (χ4v) is 1.94. The summed E-state index contributed by atoms with van der Waals surface area (Å²) in [5.74, 6) is -0.337. The molecule has 6 heteroatoms. The smallest absolute Gasteiger partial charge is 0.250 e. The highest BCUT2D eigenvalue weighted by atomic mass is 16.3. The van der Waals surface area contributed by atoms with E-state index in [1.165, 1.54) is 12.1 Å². The number of carbonyl (C=O) groups excluding carboxylic acids is 1. The molecule has 0 bridgehead atoms. The van der Waals surface area contributed by atoms with Gasteiger partial charge in [-0.3, -0.25) is 9.59 Å². The van der Waals surface area contributed by atoms with Crippen LogP contribution in [-0.4, -0.2) is 22.6 Å². The first-order valence-electron chi connectivity index (χ1n) is 5.92. The number of nitrogens with zero attached hydrogens (tertiary/aromatic N) is 1. The van der Waals surface area contributed by atoms with Crippen LogP contribution in [0, 0.1) is 0 Å². The fourth-order valence-electron chi connectivity index (χ4n) is 1.94. The van der Waals surface area contributed by atoms with Crippen LogP contribution in [0.2, 0.25) is 0 Å². The minimum Gasteiger partial charge on any atom is -0.453 e. The molecule has 2 aliphatic rings. The predicted molar refractivity (Wildman–Crippen MR) is 72.6 cm³/mol. The second-order valence-electron chi connectivity index (χ2n) is 4.21. The van der Waals surface area contributed by atoms with Gasteiger partial charge in [0.15, 0.2) is 16.8 Å². The van der Waals surface area contributed by atoms with Crippen molar-refractivity contribution >= 4 is 22.7 Å². The van der Waals surface area contributed by atoms with Crippen LogP contribution in [0.4, 0.5) is 5.69 Å². The quantitative estimate of drug-likeness (QED) is 0.683. The summed E-state index contributed by atoms with van der Waals surface area (Å²) in [7, 11) is 0. The molecule has 2 N–H and O–H groups in total. The number of aliphatic hydroxyl groups excluding tert-OH is 1. The summed E-state index contributed by atoms with van der Waals surface area (Å²) < 4.78 is 5.61. The Balaban J connectivity index is 2.27. The zero-order chi connectivity index (χ0) is 14.1. The molecule has 1 aromatic rings. The molecule has 0 spiro atoms. The minimum atomic E-state index is -0.671. The average Bonchev–Trinajstić information content (AvgIpc) is 2.45. The van der Waals surface area contributed by atoms with Crippen molar-refractivity contribution in [2.75, 3.05) is 11.9 Å². The summed E-state index contributed by atoms with van der Waals surface area (Å²) in [5, 5.41) is 11.2. The molecule has 1 amide bonds. The summed E-state index contributed by atoms with van der Waals surface area (Å²) in [5.41, 5.74) is 1.43. The lowest BCUT2D eigenvalue weighted by molar-refractivity contribution is -0.118. The molecule has 0 fully saturated rings. The number of amides is 1. The Labute approximate surface area is 113 Å². The standard InChI is InChI=1S/C14H10N2O4/c17-7-13(19)15-10-5-8(18)6-12-14(10)16-9-3-1-2-4-11(9)20-12/h1-6,17H,7H2,(H,15,19). The first-order chi connectivity index (χ1) is 9.67. The van der Waals surface area contributed by atoms with Gasteiger partial charge in [0.05, 0.1) is 5.69 Å². The summed E-state index contributed by atoms with van der Waals surface area (Å²) in [6.45, 7) is -0.671. The molecule has 0 radical (unpaired) electrons. The summed E-state index contributed by atoms with van der Waals surface area (Å²) >= 11 is 0. The van der Waals surface area contributed by atoms with Gasteiger partial charge in [-0.15, -0.1) is 0 Å². The van der Waals surface area contributed by atoms with E-state index in [1.807, 2.05) is 6.07 Å². The number of aromatic nitrogens is 1. The first-order valence-corrected chi connectivity index (χ1v) is 5.92. The molecule has 100 valence electrons. The second kappa shape index (κ2) is 4.75. The maximum absolute atomic E-state index is 11.6. The van der Waals surface area contributed by atoms with Crippen LogP contribution in [0.25, 0.3) is 22.6 Å². The number of aliphatic hydroxyl groups is 1. The summed E-state index contributed by atoms with van der Waals surface area (Å²) in [6, 6.07) is 9.67. The van der Waals surface area contributed by atoms with Crippen LogP contribution in [0.15, 0.2) is 45.6 Å². The molecular weight excluding hydrogens is 260 g/mol. The molecule has 0 saturated carbocycles. The van der Waals surface area contributed by atoms with Gasteiger partial charge in [-0.05, 0) is 12.1 Å². The molecule has 1 heterocycles. The molecule has 0 aromatic heterocycles. The number of fused-ring (bicyclic) bond motifs is 2. The lowest BCUT2D eigenvalue weighted by Gasteiger charge is -2.11. The molecular formula is C14H10N2O4. The van der Waals surface area contributed by atoms with Gasteiger partial charge < -0.3 is 14.8 Å². The molecule has 1 aromatic carbocycles. The highest BCUT2D eigenvalue weighted by Gasteiger charge is 2.16. The number of hydrogen-bond donors (Lipinski definition) is 2. The number of nitrogens with one attached hydrogen (secondary N) is 1. The zero-order valence-corrected chi connectivity index (χ0v) is 10.3. The van der Waals surface area contributed by atoms with E-state index in [1.54, 1.807) is 18.2 Å². The number of para-hydroxylation sites is 2. The summed E-state index contributed by atoms with van der Waals surface area (Å²) in [4.78, 5) is 27.3. The van der Waals surface area contributed by atoms with Gasteiger partial charge in [-0.25, -0.2) is 4.98 Å². The molecule has 6 nitrogen and oxygen atoms in total. The third-order valence-electron chi connectivity index (χ3n) is 2.78. The Morgan fingerprint density at radius 3 is 2.90 bits per heavy atom. The van der Waals surface area contributed by atoms with E-state index in [0.717, 1.165) is 0 Å². The van der Waals surface area contributed by atoms with Crippen LogP contribution < -0.4 is 10.7 Å². The molecule has 20 heavy (non-hydrogen) atoms. The Kier molecular flexibility index (Phi) is 2.92. The maximum Gasteiger partial charge on any atom is 0.250 e. The molecule has 3 rings (SSSR count). The molecule has 1 aliphatic carbocycles. The average molecular weight is 270 g/mol. The Hall–Kier alpha value is -2.73. The van der Waals surface area contributed by atoms with Gasteiger partial charge in [0.1, 0.15) is 17.8 Å². The van der Waals surface area contributed by atoms with E-state index in [9.17, 15) is 9.59 Å². The first kappa shape index (κ1) is 12.3. The van der Waals surface area contributed by atoms with Crippen molar-refractivity contribution in [3.8, 4) is 11.5 Å². The lowest BCUT2D eigenvalue weighted by atomic mass is 10.1. The largest absolute Gasteiger partial charge is 0.453 e. The number of anilines is 1. The third kappa shape index (κ3) is 2.12. The highest BCUT2D eigenvalue weighted by Crippen LogP contribution is 2.29. The molecule has 1 aliphatic heterocycles. The van der Waals surface area contributed by atoms with Gasteiger partial charge in [0, 0.05) is 12.1 Å². The topological polar surface area (TPSA) is 92.4 Å². The van der Waals surface area contributed by atoms with Gasteiger partial charge in [0.2, 0.25) is 5.91 Å². The van der Waals surface area contributed by atoms with E-state index in [4.69, 9.17) is 9.52 Å². The number of rotatable bonds is 2. The van der Waals surface area contributed by atoms with Gasteiger partial charge >= 0.3 is 0 Å². The third-order valence-corrected chi connectivity index (χ3v) is 2.78. The second-order valence-corrected chi connectivity index (χ2v) is 4.21. The molecule has 0 unspecified atom stereocenters. The van der Waals surface area contributed by atoms with Crippen LogP contribution in [0.5, 0.6) is 0 Å². The number of hydrogen-bond acceptors (Lipinski definition) is 5. The Morgan fingerprint density at radius 1 is 1.30 bits per heavy atom. The minimum absolute atomic E-state index is 0.223. The van der Waals surface area contributed by atoms with Crippen molar-refractivity contribution in [3.05, 3.63) is 46.6 Å². The van der Waals surface area contributed by atoms with E-state index in [0.29, 0.717) is 16.8 Å². The zero-order valence-electron chi connectivity index (χ0n) is 10.3. The van der Waals surface area contributed by atoms with Gasteiger partial charge in [0.25, 0.3) is 0 Å². The van der Waals surface area contributed by atoms with Crippen LogP contribution >= 0.6 is 0 Å².